The van der Waals surface area contributed by atoms with Gasteiger partial charge in [-0.1, -0.05) is 11.6 Å². The zero-order valence-electron chi connectivity index (χ0n) is 9.83. The fourth-order valence-electron chi connectivity index (χ4n) is 2.07. The highest BCUT2D eigenvalue weighted by Crippen LogP contribution is 2.24. The maximum atomic E-state index is 5.83. The van der Waals surface area contributed by atoms with Crippen molar-refractivity contribution < 1.29 is 4.74 Å². The van der Waals surface area contributed by atoms with E-state index in [4.69, 9.17) is 16.3 Å². The zero-order chi connectivity index (χ0) is 12.3. The summed E-state index contributed by atoms with van der Waals surface area (Å²) < 4.78 is 6.59. The lowest BCUT2D eigenvalue weighted by atomic mass is 10.3. The molecular formula is C12H16BrClN2O. The summed E-state index contributed by atoms with van der Waals surface area (Å²) in [4.78, 5) is 6.48. The molecule has 1 aromatic rings. The molecule has 1 saturated heterocycles. The molecule has 0 saturated carbocycles. The van der Waals surface area contributed by atoms with Crippen molar-refractivity contribution in [3.8, 4) is 5.75 Å². The Morgan fingerprint density at radius 1 is 1.53 bits per heavy atom. The summed E-state index contributed by atoms with van der Waals surface area (Å²) in [5.41, 5.74) is 0. The normalized spacial score (nSPS) is 18.3. The standard InChI is InChI=1S/C12H16BrClN2O/c1-9(8-16-4-2-3-5-16)17-10-6-11(13)12(14)15-7-10/h6-7,9H,2-5,8H2,1H3. The molecular weight excluding hydrogens is 304 g/mol. The van der Waals surface area contributed by atoms with Crippen molar-refractivity contribution in [3.05, 3.63) is 21.9 Å². The van der Waals surface area contributed by atoms with E-state index in [9.17, 15) is 0 Å². The van der Waals surface area contributed by atoms with Gasteiger partial charge in [-0.2, -0.15) is 0 Å². The van der Waals surface area contributed by atoms with Crippen LogP contribution in [0.5, 0.6) is 5.75 Å². The summed E-state index contributed by atoms with van der Waals surface area (Å²) in [6, 6.07) is 1.86. The van der Waals surface area contributed by atoms with E-state index < -0.39 is 0 Å². The van der Waals surface area contributed by atoms with Gasteiger partial charge in [0.05, 0.1) is 10.7 Å². The van der Waals surface area contributed by atoms with Crippen LogP contribution in [0.4, 0.5) is 0 Å². The van der Waals surface area contributed by atoms with Crippen molar-refractivity contribution in [1.82, 2.24) is 9.88 Å². The van der Waals surface area contributed by atoms with Crippen LogP contribution in [0.1, 0.15) is 19.8 Å². The van der Waals surface area contributed by atoms with Crippen molar-refractivity contribution >= 4 is 27.5 Å². The Labute approximate surface area is 115 Å². The van der Waals surface area contributed by atoms with Crippen molar-refractivity contribution in [2.75, 3.05) is 19.6 Å². The van der Waals surface area contributed by atoms with E-state index in [0.29, 0.717) is 5.15 Å². The average Bonchev–Trinajstić information content (AvgIpc) is 2.76. The molecule has 17 heavy (non-hydrogen) atoms. The molecule has 3 nitrogen and oxygen atoms in total. The van der Waals surface area contributed by atoms with Gasteiger partial charge in [-0.3, -0.25) is 4.90 Å². The summed E-state index contributed by atoms with van der Waals surface area (Å²) >= 11 is 9.17. The Kier molecular flexibility index (Phi) is 4.65. The second-order valence-corrected chi connectivity index (χ2v) is 5.59. The van der Waals surface area contributed by atoms with Crippen LogP contribution in [-0.4, -0.2) is 35.6 Å². The van der Waals surface area contributed by atoms with Crippen LogP contribution >= 0.6 is 27.5 Å². The third-order valence-electron chi connectivity index (χ3n) is 2.82. The van der Waals surface area contributed by atoms with E-state index in [2.05, 4.69) is 32.7 Å². The Balaban J connectivity index is 1.88. The average molecular weight is 320 g/mol. The van der Waals surface area contributed by atoms with E-state index in [-0.39, 0.29) is 6.10 Å². The van der Waals surface area contributed by atoms with Gasteiger partial charge >= 0.3 is 0 Å². The van der Waals surface area contributed by atoms with E-state index in [0.717, 1.165) is 16.8 Å². The molecule has 1 fully saturated rings. The van der Waals surface area contributed by atoms with Gasteiger partial charge < -0.3 is 4.74 Å². The molecule has 1 aliphatic heterocycles. The van der Waals surface area contributed by atoms with Crippen LogP contribution < -0.4 is 4.74 Å². The molecule has 1 aromatic heterocycles. The number of rotatable bonds is 4. The quantitative estimate of drug-likeness (QED) is 0.796. The number of hydrogen-bond acceptors (Lipinski definition) is 3. The molecule has 1 atom stereocenters. The van der Waals surface area contributed by atoms with Crippen molar-refractivity contribution in [2.24, 2.45) is 0 Å². The van der Waals surface area contributed by atoms with Gasteiger partial charge in [0.2, 0.25) is 0 Å². The van der Waals surface area contributed by atoms with E-state index >= 15 is 0 Å². The first-order valence-electron chi connectivity index (χ1n) is 5.85. The highest BCUT2D eigenvalue weighted by molar-refractivity contribution is 9.10. The van der Waals surface area contributed by atoms with Gasteiger partial charge in [0.15, 0.2) is 0 Å². The Bertz CT molecular complexity index is 383. The third-order valence-corrected chi connectivity index (χ3v) is 3.96. The fraction of sp³-hybridized carbons (Fsp3) is 0.583. The first-order chi connectivity index (χ1) is 8.15. The highest BCUT2D eigenvalue weighted by atomic mass is 79.9. The highest BCUT2D eigenvalue weighted by Gasteiger charge is 2.15. The summed E-state index contributed by atoms with van der Waals surface area (Å²) in [6.45, 7) is 5.44. The first kappa shape index (κ1) is 13.1. The maximum absolute atomic E-state index is 5.83. The van der Waals surface area contributed by atoms with Gasteiger partial charge in [0, 0.05) is 6.54 Å². The number of ether oxygens (including phenoxy) is 1. The lowest BCUT2D eigenvalue weighted by molar-refractivity contribution is 0.161. The second kappa shape index (κ2) is 6.03. The molecule has 0 radical (unpaired) electrons. The largest absolute Gasteiger partial charge is 0.488 e. The Morgan fingerprint density at radius 3 is 2.88 bits per heavy atom. The number of nitrogens with zero attached hydrogens (tertiary/aromatic N) is 2. The minimum Gasteiger partial charge on any atom is -0.488 e. The molecule has 0 amide bonds. The molecule has 0 bridgehead atoms. The topological polar surface area (TPSA) is 25.4 Å². The fourth-order valence-corrected chi connectivity index (χ4v) is 2.50. The molecule has 1 unspecified atom stereocenters. The van der Waals surface area contributed by atoms with Gasteiger partial charge in [-0.15, -0.1) is 0 Å². The smallest absolute Gasteiger partial charge is 0.143 e. The molecule has 5 heteroatoms. The van der Waals surface area contributed by atoms with Crippen LogP contribution in [0.25, 0.3) is 0 Å². The minimum atomic E-state index is 0.169. The van der Waals surface area contributed by atoms with Crippen molar-refractivity contribution in [1.29, 1.82) is 0 Å². The minimum absolute atomic E-state index is 0.169. The summed E-state index contributed by atoms with van der Waals surface area (Å²) in [7, 11) is 0. The van der Waals surface area contributed by atoms with Crippen LogP contribution in [0.3, 0.4) is 0 Å². The van der Waals surface area contributed by atoms with E-state index in [1.54, 1.807) is 6.20 Å². The molecule has 0 N–H and O–H groups in total. The molecule has 0 aliphatic carbocycles. The zero-order valence-corrected chi connectivity index (χ0v) is 12.2. The predicted octanol–water partition coefficient (Wildman–Crippen LogP) is 3.36. The van der Waals surface area contributed by atoms with Gasteiger partial charge in [0.25, 0.3) is 0 Å². The van der Waals surface area contributed by atoms with Crippen LogP contribution in [0.2, 0.25) is 5.15 Å². The van der Waals surface area contributed by atoms with Crippen LogP contribution in [0, 0.1) is 0 Å². The number of pyridine rings is 1. The lowest BCUT2D eigenvalue weighted by Gasteiger charge is -2.21. The van der Waals surface area contributed by atoms with Gasteiger partial charge in [-0.25, -0.2) is 4.98 Å². The number of hydrogen-bond donors (Lipinski definition) is 0. The maximum Gasteiger partial charge on any atom is 0.143 e. The number of aromatic nitrogens is 1. The molecule has 94 valence electrons. The molecule has 0 spiro atoms. The molecule has 2 rings (SSSR count). The van der Waals surface area contributed by atoms with E-state index in [1.165, 1.54) is 25.9 Å². The van der Waals surface area contributed by atoms with E-state index in [1.807, 2.05) is 6.07 Å². The monoisotopic (exact) mass is 318 g/mol. The molecule has 0 aromatic carbocycles. The number of likely N-dealkylation sites (tertiary alicyclic amines) is 1. The van der Waals surface area contributed by atoms with Crippen molar-refractivity contribution in [3.63, 3.8) is 0 Å². The predicted molar refractivity (Wildman–Crippen MR) is 72.7 cm³/mol. The number of halogens is 2. The Hall–Kier alpha value is -0.320. The molecule has 2 heterocycles. The first-order valence-corrected chi connectivity index (χ1v) is 7.02. The lowest BCUT2D eigenvalue weighted by Crippen LogP contribution is -2.31. The van der Waals surface area contributed by atoms with Crippen LogP contribution in [-0.2, 0) is 0 Å². The summed E-state index contributed by atoms with van der Waals surface area (Å²) in [6.07, 6.45) is 4.44. The summed E-state index contributed by atoms with van der Waals surface area (Å²) in [5, 5.41) is 0.463. The van der Waals surface area contributed by atoms with Crippen molar-refractivity contribution in [2.45, 2.75) is 25.9 Å². The molecule has 1 aliphatic rings. The second-order valence-electron chi connectivity index (χ2n) is 4.38. The Morgan fingerprint density at radius 2 is 2.24 bits per heavy atom. The summed E-state index contributed by atoms with van der Waals surface area (Å²) in [5.74, 6) is 0.757. The SMILES string of the molecule is CC(CN1CCCC1)Oc1cnc(Cl)c(Br)c1. The third kappa shape index (κ3) is 3.83. The van der Waals surface area contributed by atoms with Gasteiger partial charge in [0.1, 0.15) is 17.0 Å². The van der Waals surface area contributed by atoms with Gasteiger partial charge in [-0.05, 0) is 54.9 Å². The van der Waals surface area contributed by atoms with Crippen LogP contribution in [0.15, 0.2) is 16.7 Å².